The Bertz CT molecular complexity index is 363. The minimum absolute atomic E-state index is 0.247. The van der Waals surface area contributed by atoms with E-state index in [0.717, 1.165) is 25.2 Å². The molecule has 0 aliphatic heterocycles. The SMILES string of the molecule is CCN(CC)CCC(=O)c1ccc(C(C)C)cc1. The number of benzene rings is 1. The molecular weight excluding hydrogens is 222 g/mol. The highest BCUT2D eigenvalue weighted by molar-refractivity contribution is 5.96. The first-order chi connectivity index (χ1) is 8.58. The monoisotopic (exact) mass is 247 g/mol. The van der Waals surface area contributed by atoms with Crippen LogP contribution in [0.4, 0.5) is 0 Å². The van der Waals surface area contributed by atoms with Crippen molar-refractivity contribution in [2.45, 2.75) is 40.0 Å². The Morgan fingerprint density at radius 3 is 2.11 bits per heavy atom. The summed E-state index contributed by atoms with van der Waals surface area (Å²) in [7, 11) is 0. The second-order valence-electron chi connectivity index (χ2n) is 4.98. The lowest BCUT2D eigenvalue weighted by Crippen LogP contribution is -2.25. The lowest BCUT2D eigenvalue weighted by molar-refractivity contribution is 0.0966. The third kappa shape index (κ3) is 4.26. The summed E-state index contributed by atoms with van der Waals surface area (Å²) in [6.45, 7) is 11.5. The number of hydrogen-bond donors (Lipinski definition) is 0. The second kappa shape index (κ2) is 7.32. The Kier molecular flexibility index (Phi) is 6.06. The summed E-state index contributed by atoms with van der Waals surface area (Å²) in [5.41, 5.74) is 2.13. The average molecular weight is 247 g/mol. The normalized spacial score (nSPS) is 11.2. The average Bonchev–Trinajstić information content (AvgIpc) is 2.39. The number of carbonyl (C=O) groups excluding carboxylic acids is 1. The molecule has 0 saturated carbocycles. The smallest absolute Gasteiger partial charge is 0.164 e. The zero-order chi connectivity index (χ0) is 13.5. The van der Waals surface area contributed by atoms with Gasteiger partial charge in [-0.1, -0.05) is 52.0 Å². The fraction of sp³-hybridized carbons (Fsp3) is 0.562. The van der Waals surface area contributed by atoms with E-state index in [-0.39, 0.29) is 5.78 Å². The van der Waals surface area contributed by atoms with Gasteiger partial charge in [0.15, 0.2) is 5.78 Å². The standard InChI is InChI=1S/C16H25NO/c1-5-17(6-2)12-11-16(18)15-9-7-14(8-10-15)13(3)4/h7-10,13H,5-6,11-12H2,1-4H3. The molecule has 1 rings (SSSR count). The number of ketones is 1. The van der Waals surface area contributed by atoms with Gasteiger partial charge < -0.3 is 4.90 Å². The Morgan fingerprint density at radius 1 is 1.11 bits per heavy atom. The molecule has 0 N–H and O–H groups in total. The highest BCUT2D eigenvalue weighted by Gasteiger charge is 2.08. The molecule has 1 aromatic carbocycles. The summed E-state index contributed by atoms with van der Waals surface area (Å²) < 4.78 is 0. The van der Waals surface area contributed by atoms with Crippen molar-refractivity contribution < 1.29 is 4.79 Å². The molecule has 0 unspecified atom stereocenters. The van der Waals surface area contributed by atoms with Crippen LogP contribution in [0.25, 0.3) is 0 Å². The van der Waals surface area contributed by atoms with Crippen molar-refractivity contribution in [3.8, 4) is 0 Å². The van der Waals surface area contributed by atoms with E-state index in [1.807, 2.05) is 12.1 Å². The molecule has 2 nitrogen and oxygen atoms in total. The van der Waals surface area contributed by atoms with E-state index in [1.54, 1.807) is 0 Å². The molecule has 18 heavy (non-hydrogen) atoms. The molecule has 2 heteroatoms. The Labute approximate surface area is 111 Å². The predicted octanol–water partition coefficient (Wildman–Crippen LogP) is 3.72. The summed E-state index contributed by atoms with van der Waals surface area (Å²) >= 11 is 0. The third-order valence-corrected chi connectivity index (χ3v) is 3.45. The molecular formula is C16H25NO. The van der Waals surface area contributed by atoms with Gasteiger partial charge in [0.1, 0.15) is 0 Å². The van der Waals surface area contributed by atoms with Crippen molar-refractivity contribution in [2.75, 3.05) is 19.6 Å². The number of Topliss-reactive ketones (excluding diaryl/α,β-unsaturated/α-hetero) is 1. The zero-order valence-electron chi connectivity index (χ0n) is 12.1. The Hall–Kier alpha value is -1.15. The zero-order valence-corrected chi connectivity index (χ0v) is 12.1. The van der Waals surface area contributed by atoms with Gasteiger partial charge in [0.25, 0.3) is 0 Å². The lowest BCUT2D eigenvalue weighted by atomic mass is 10.00. The fourth-order valence-electron chi connectivity index (χ4n) is 2.00. The maximum atomic E-state index is 12.0. The van der Waals surface area contributed by atoms with Gasteiger partial charge in [0.2, 0.25) is 0 Å². The molecule has 0 aromatic heterocycles. The molecule has 0 fully saturated rings. The van der Waals surface area contributed by atoms with Gasteiger partial charge in [0, 0.05) is 18.5 Å². The quantitative estimate of drug-likeness (QED) is 0.684. The van der Waals surface area contributed by atoms with Crippen LogP contribution in [-0.2, 0) is 0 Å². The molecule has 0 aliphatic carbocycles. The molecule has 0 bridgehead atoms. The second-order valence-corrected chi connectivity index (χ2v) is 4.98. The molecule has 0 spiro atoms. The van der Waals surface area contributed by atoms with Crippen molar-refractivity contribution in [2.24, 2.45) is 0 Å². The highest BCUT2D eigenvalue weighted by Crippen LogP contribution is 2.15. The van der Waals surface area contributed by atoms with E-state index in [4.69, 9.17) is 0 Å². The van der Waals surface area contributed by atoms with Crippen molar-refractivity contribution in [1.82, 2.24) is 4.90 Å². The molecule has 0 atom stereocenters. The van der Waals surface area contributed by atoms with Crippen LogP contribution in [0, 0.1) is 0 Å². The molecule has 1 aromatic rings. The van der Waals surface area contributed by atoms with E-state index in [1.165, 1.54) is 5.56 Å². The van der Waals surface area contributed by atoms with Gasteiger partial charge in [-0.3, -0.25) is 4.79 Å². The van der Waals surface area contributed by atoms with E-state index in [2.05, 4.69) is 44.7 Å². The van der Waals surface area contributed by atoms with E-state index in [0.29, 0.717) is 12.3 Å². The molecule has 0 aliphatic rings. The van der Waals surface area contributed by atoms with Crippen molar-refractivity contribution in [3.63, 3.8) is 0 Å². The fourth-order valence-corrected chi connectivity index (χ4v) is 2.00. The lowest BCUT2D eigenvalue weighted by Gasteiger charge is -2.17. The topological polar surface area (TPSA) is 20.3 Å². The summed E-state index contributed by atoms with van der Waals surface area (Å²) in [6.07, 6.45) is 0.614. The minimum Gasteiger partial charge on any atom is -0.303 e. The van der Waals surface area contributed by atoms with Crippen LogP contribution in [0.15, 0.2) is 24.3 Å². The highest BCUT2D eigenvalue weighted by atomic mass is 16.1. The first-order valence-electron chi connectivity index (χ1n) is 6.94. The molecule has 100 valence electrons. The molecule has 0 heterocycles. The molecule has 0 radical (unpaired) electrons. The molecule has 0 amide bonds. The van der Waals surface area contributed by atoms with Crippen LogP contribution in [-0.4, -0.2) is 30.3 Å². The Morgan fingerprint density at radius 2 is 1.67 bits per heavy atom. The summed E-state index contributed by atoms with van der Waals surface area (Å²) in [5.74, 6) is 0.766. The maximum Gasteiger partial charge on any atom is 0.164 e. The first-order valence-corrected chi connectivity index (χ1v) is 6.94. The Balaban J connectivity index is 2.56. The van der Waals surface area contributed by atoms with Crippen LogP contribution in [0.5, 0.6) is 0 Å². The minimum atomic E-state index is 0.247. The number of hydrogen-bond acceptors (Lipinski definition) is 2. The van der Waals surface area contributed by atoms with Gasteiger partial charge in [-0.2, -0.15) is 0 Å². The number of carbonyl (C=O) groups is 1. The van der Waals surface area contributed by atoms with Crippen molar-refractivity contribution in [3.05, 3.63) is 35.4 Å². The van der Waals surface area contributed by atoms with Crippen LogP contribution in [0.2, 0.25) is 0 Å². The summed E-state index contributed by atoms with van der Waals surface area (Å²) in [5, 5.41) is 0. The third-order valence-electron chi connectivity index (χ3n) is 3.45. The molecule has 0 saturated heterocycles. The van der Waals surface area contributed by atoms with Crippen molar-refractivity contribution in [1.29, 1.82) is 0 Å². The first kappa shape index (κ1) is 14.9. The number of nitrogens with zero attached hydrogens (tertiary/aromatic N) is 1. The van der Waals surface area contributed by atoms with Crippen LogP contribution >= 0.6 is 0 Å². The van der Waals surface area contributed by atoms with Crippen LogP contribution in [0.3, 0.4) is 0 Å². The maximum absolute atomic E-state index is 12.0. The van der Waals surface area contributed by atoms with Crippen LogP contribution in [0.1, 0.15) is 56.0 Å². The van der Waals surface area contributed by atoms with Crippen LogP contribution < -0.4 is 0 Å². The van der Waals surface area contributed by atoms with Gasteiger partial charge in [0.05, 0.1) is 0 Å². The van der Waals surface area contributed by atoms with E-state index >= 15 is 0 Å². The number of rotatable bonds is 7. The predicted molar refractivity (Wildman–Crippen MR) is 77.3 cm³/mol. The van der Waals surface area contributed by atoms with Gasteiger partial charge in [-0.05, 0) is 24.6 Å². The van der Waals surface area contributed by atoms with Gasteiger partial charge in [-0.25, -0.2) is 0 Å². The van der Waals surface area contributed by atoms with Gasteiger partial charge in [-0.15, -0.1) is 0 Å². The van der Waals surface area contributed by atoms with Gasteiger partial charge >= 0.3 is 0 Å². The van der Waals surface area contributed by atoms with Crippen molar-refractivity contribution >= 4 is 5.78 Å². The van der Waals surface area contributed by atoms with E-state index < -0.39 is 0 Å². The van der Waals surface area contributed by atoms with E-state index in [9.17, 15) is 4.79 Å². The summed E-state index contributed by atoms with van der Waals surface area (Å²) in [6, 6.07) is 8.05. The largest absolute Gasteiger partial charge is 0.303 e. The summed E-state index contributed by atoms with van der Waals surface area (Å²) in [4.78, 5) is 14.3.